The molecule has 0 aromatic heterocycles. The maximum atomic E-state index is 10.2. The van der Waals surface area contributed by atoms with E-state index in [1.165, 1.54) is 38.5 Å². The smallest absolute Gasteiger partial charge is 0.0577 e. The highest BCUT2D eigenvalue weighted by Gasteiger charge is 2.59. The van der Waals surface area contributed by atoms with Crippen LogP contribution in [0.15, 0.2) is 23.8 Å². The number of rotatable bonds is 5. The molecule has 0 aliphatic heterocycles. The molecule has 0 heterocycles. The summed E-state index contributed by atoms with van der Waals surface area (Å²) >= 11 is 0. The van der Waals surface area contributed by atoms with Crippen LogP contribution in [0.3, 0.4) is 0 Å². The van der Waals surface area contributed by atoms with Crippen LogP contribution in [0, 0.1) is 46.3 Å². The fourth-order valence-electron chi connectivity index (χ4n) is 8.49. The van der Waals surface area contributed by atoms with Crippen LogP contribution in [0.5, 0.6) is 0 Å². The normalized spacial score (nSPS) is 46.0. The average molecular weight is 402 g/mol. The first-order valence-electron chi connectivity index (χ1n) is 13.6. The van der Waals surface area contributed by atoms with Crippen molar-refractivity contribution in [3.63, 3.8) is 0 Å². The Balaban J connectivity index is 1.49. The van der Waals surface area contributed by atoms with Crippen molar-refractivity contribution in [1.82, 2.24) is 0 Å². The van der Waals surface area contributed by atoms with E-state index < -0.39 is 0 Å². The Labute approximate surface area is 183 Å². The largest absolute Gasteiger partial charge is 0.393 e. The first kappa shape index (κ1) is 19.1. The lowest BCUT2D eigenvalue weighted by molar-refractivity contribution is -0.0571. The van der Waals surface area contributed by atoms with Gasteiger partial charge in [0.1, 0.15) is 0 Å². The molecule has 29 heavy (non-hydrogen) atoms. The Hall–Kier alpha value is -0.560. The van der Waals surface area contributed by atoms with Crippen LogP contribution in [-0.2, 0) is 0 Å². The number of fused-ring (bicyclic) bond motifs is 5. The minimum Gasteiger partial charge on any atom is -0.393 e. The lowest BCUT2D eigenvalue weighted by Gasteiger charge is -2.58. The van der Waals surface area contributed by atoms with Gasteiger partial charge in [0.2, 0.25) is 0 Å². The van der Waals surface area contributed by atoms with Gasteiger partial charge in [0, 0.05) is 0 Å². The molecular formula is C28H46O. The molecule has 1 N–H and O–H groups in total. The van der Waals surface area contributed by atoms with Crippen LogP contribution in [0.1, 0.15) is 102 Å². The molecule has 0 saturated heterocycles. The van der Waals surface area contributed by atoms with Gasteiger partial charge in [0.15, 0.2) is 0 Å². The second-order valence-electron chi connectivity index (χ2n) is 12.1. The Morgan fingerprint density at radius 2 is 1.97 bits per heavy atom. The molecule has 0 aromatic carbocycles. The van der Waals surface area contributed by atoms with E-state index in [2.05, 4.69) is 40.7 Å². The number of allylic oxidation sites excluding steroid dienone is 2. The van der Waals surface area contributed by atoms with Crippen molar-refractivity contribution in [1.29, 1.82) is 0 Å². The van der Waals surface area contributed by atoms with Gasteiger partial charge in [0.05, 0.1) is 8.85 Å². The van der Waals surface area contributed by atoms with Gasteiger partial charge in [-0.1, -0.05) is 58.4 Å². The number of hydrogen-bond donors (Lipinski definition) is 1. The molecule has 3 unspecified atom stereocenters. The van der Waals surface area contributed by atoms with Crippen molar-refractivity contribution in [3.05, 3.63) is 23.8 Å². The molecule has 0 spiro atoms. The molecule has 0 amide bonds. The first-order chi connectivity index (χ1) is 14.6. The lowest BCUT2D eigenvalue weighted by Crippen LogP contribution is -2.50. The number of hydrogen-bond acceptors (Lipinski definition) is 1. The van der Waals surface area contributed by atoms with Crippen LogP contribution in [-0.4, -0.2) is 11.2 Å². The minimum atomic E-state index is -0.112. The predicted molar refractivity (Wildman–Crippen MR) is 124 cm³/mol. The zero-order valence-electron chi connectivity index (χ0n) is 21.6. The predicted octanol–water partition coefficient (Wildman–Crippen LogP) is 7.55. The third-order valence-electron chi connectivity index (χ3n) is 10.4. The van der Waals surface area contributed by atoms with Gasteiger partial charge in [-0.05, 0) is 111 Å². The molecule has 4 rings (SSSR count). The van der Waals surface area contributed by atoms with Crippen molar-refractivity contribution in [3.8, 4) is 0 Å². The molecule has 3 saturated carbocycles. The first-order valence-corrected chi connectivity index (χ1v) is 12.6. The van der Waals surface area contributed by atoms with Crippen molar-refractivity contribution in [2.45, 2.75) is 105 Å². The summed E-state index contributed by atoms with van der Waals surface area (Å²) in [5.41, 5.74) is 3.41. The second-order valence-corrected chi connectivity index (χ2v) is 12.1. The molecule has 0 bridgehead atoms. The monoisotopic (exact) mass is 401 g/mol. The molecule has 4 aliphatic rings. The highest BCUT2D eigenvalue weighted by Crippen LogP contribution is 2.67. The summed E-state index contributed by atoms with van der Waals surface area (Å²) in [6.45, 7) is 11.9. The maximum Gasteiger partial charge on any atom is 0.0577 e. The zero-order valence-corrected chi connectivity index (χ0v) is 19.6. The second kappa shape index (κ2) is 7.85. The summed E-state index contributed by atoms with van der Waals surface area (Å²) in [5.74, 6) is 4.28. The van der Waals surface area contributed by atoms with Crippen molar-refractivity contribution < 1.29 is 7.85 Å². The molecule has 1 heteroatoms. The minimum absolute atomic E-state index is 0.0499. The molecule has 1 nitrogen and oxygen atoms in total. The Kier molecular flexibility index (Phi) is 5.18. The van der Waals surface area contributed by atoms with E-state index in [1.807, 2.05) is 0 Å². The van der Waals surface area contributed by atoms with Gasteiger partial charge in [-0.2, -0.15) is 0 Å². The average Bonchev–Trinajstić information content (AvgIpc) is 3.05. The quantitative estimate of drug-likeness (QED) is 0.372. The van der Waals surface area contributed by atoms with Gasteiger partial charge in [-0.3, -0.25) is 0 Å². The van der Waals surface area contributed by atoms with E-state index in [-0.39, 0.29) is 12.6 Å². The van der Waals surface area contributed by atoms with Crippen LogP contribution < -0.4 is 0 Å². The van der Waals surface area contributed by atoms with Crippen molar-refractivity contribution in [2.75, 3.05) is 0 Å². The molecule has 8 atom stereocenters. The maximum absolute atomic E-state index is 10.2. The van der Waals surface area contributed by atoms with Gasteiger partial charge in [-0.25, -0.2) is 0 Å². The third kappa shape index (κ3) is 3.58. The standard InChI is InChI=1S/C28H46O/c1-18(2)19(3)7-8-20(4)24-11-12-25-23-10-9-21-17-22(29)13-15-27(21,5)26(23)14-16-28(24,25)6/h9,18,20,22-26,29H,3,7-8,10-17H2,1-2,4-6H3/t20-,22+,23?,24-,25?,26?,27+,28-/m1/s1/i3+1D2. The molecule has 164 valence electrons. The fourth-order valence-corrected chi connectivity index (χ4v) is 8.49. The highest BCUT2D eigenvalue weighted by atomic mass is 16.3. The van der Waals surface area contributed by atoms with Crippen molar-refractivity contribution >= 4 is 0 Å². The number of aliphatic hydroxyl groups excluding tert-OH is 1. The van der Waals surface area contributed by atoms with Crippen LogP contribution >= 0.6 is 0 Å². The summed E-state index contributed by atoms with van der Waals surface area (Å²) < 4.78 is 15.7. The van der Waals surface area contributed by atoms with E-state index in [9.17, 15) is 5.11 Å². The van der Waals surface area contributed by atoms with Crippen molar-refractivity contribution in [2.24, 2.45) is 46.3 Å². The van der Waals surface area contributed by atoms with E-state index >= 15 is 0 Å². The summed E-state index contributed by atoms with van der Waals surface area (Å²) in [6, 6.07) is 0. The summed E-state index contributed by atoms with van der Waals surface area (Å²) in [4.78, 5) is 0. The van der Waals surface area contributed by atoms with E-state index in [1.54, 1.807) is 5.57 Å². The fraction of sp³-hybridized carbons (Fsp3) is 0.857. The third-order valence-corrected chi connectivity index (χ3v) is 10.4. The molecule has 3 fully saturated rings. The molecular weight excluding hydrogens is 353 g/mol. The Bertz CT molecular complexity index is 735. The Morgan fingerprint density at radius 1 is 1.17 bits per heavy atom. The van der Waals surface area contributed by atoms with Gasteiger partial charge in [-0.15, -0.1) is 0 Å². The molecule has 0 radical (unpaired) electrons. The van der Waals surface area contributed by atoms with Crippen LogP contribution in [0.2, 0.25) is 0 Å². The summed E-state index contributed by atoms with van der Waals surface area (Å²) in [7, 11) is 0. The van der Waals surface area contributed by atoms with Gasteiger partial charge in [0.25, 0.3) is 0 Å². The Morgan fingerprint density at radius 3 is 2.69 bits per heavy atom. The topological polar surface area (TPSA) is 20.2 Å². The van der Waals surface area contributed by atoms with E-state index in [4.69, 9.17) is 2.74 Å². The SMILES string of the molecule is [2H][13C]([2H])=C(CC[C@@H](C)[C@H]1CCC2C3CC=C4C[C@@H](O)CC[C@]4(C)C3CC[C@@]21C)C(C)C. The van der Waals surface area contributed by atoms with E-state index in [0.29, 0.717) is 22.7 Å². The van der Waals surface area contributed by atoms with Gasteiger partial charge >= 0.3 is 0 Å². The number of aliphatic hydroxyl groups is 1. The highest BCUT2D eigenvalue weighted by molar-refractivity contribution is 5.25. The molecule has 4 aliphatic carbocycles. The lowest BCUT2D eigenvalue weighted by atomic mass is 9.47. The summed E-state index contributed by atoms with van der Waals surface area (Å²) in [5, 5.41) is 10.2. The molecule has 0 aromatic rings. The zero-order chi connectivity index (χ0) is 22.6. The van der Waals surface area contributed by atoms with E-state index in [0.717, 1.165) is 54.9 Å². The van der Waals surface area contributed by atoms with Crippen LogP contribution in [0.25, 0.3) is 0 Å². The van der Waals surface area contributed by atoms with Gasteiger partial charge < -0.3 is 5.11 Å². The van der Waals surface area contributed by atoms with Crippen LogP contribution in [0.4, 0.5) is 0 Å². The summed E-state index contributed by atoms with van der Waals surface area (Å²) in [6.07, 6.45) is 14.3.